The van der Waals surface area contributed by atoms with Crippen molar-refractivity contribution in [1.29, 1.82) is 0 Å². The molecule has 2 rings (SSSR count). The molecular weight excluding hydrogens is 258 g/mol. The van der Waals surface area contributed by atoms with E-state index in [0.717, 1.165) is 12.8 Å². The van der Waals surface area contributed by atoms with Crippen LogP contribution in [0.25, 0.3) is 0 Å². The summed E-state index contributed by atoms with van der Waals surface area (Å²) in [6.07, 6.45) is 2.08. The lowest BCUT2D eigenvalue weighted by atomic mass is 10.1. The van der Waals surface area contributed by atoms with E-state index in [2.05, 4.69) is 0 Å². The first-order valence-electron chi connectivity index (χ1n) is 6.65. The minimum Gasteiger partial charge on any atom is -0.481 e. The van der Waals surface area contributed by atoms with Gasteiger partial charge in [0.2, 0.25) is 0 Å². The van der Waals surface area contributed by atoms with Gasteiger partial charge in [-0.1, -0.05) is 6.07 Å². The molecule has 0 atom stereocenters. The number of likely N-dealkylation sites (N-methyl/N-ethyl adjacent to an activating group) is 1. The van der Waals surface area contributed by atoms with E-state index in [1.165, 1.54) is 6.07 Å². The summed E-state index contributed by atoms with van der Waals surface area (Å²) in [5.74, 6) is -0.553. The third-order valence-electron chi connectivity index (χ3n) is 3.30. The van der Waals surface area contributed by atoms with Crippen LogP contribution >= 0.6 is 0 Å². The van der Waals surface area contributed by atoms with Crippen LogP contribution in [0.3, 0.4) is 0 Å². The van der Waals surface area contributed by atoms with E-state index in [1.54, 1.807) is 17.0 Å². The number of amides is 2. The van der Waals surface area contributed by atoms with Gasteiger partial charge in [0, 0.05) is 12.6 Å². The molecule has 20 heavy (non-hydrogen) atoms. The molecule has 1 aromatic carbocycles. The quantitative estimate of drug-likeness (QED) is 0.750. The monoisotopic (exact) mass is 277 g/mol. The first kappa shape index (κ1) is 14.2. The molecule has 0 radical (unpaired) electrons. The number of nitrogens with two attached hydrogens (primary N) is 2. The average molecular weight is 277 g/mol. The number of ether oxygens (including phenoxy) is 1. The van der Waals surface area contributed by atoms with Gasteiger partial charge >= 0.3 is 0 Å². The van der Waals surface area contributed by atoms with Crippen molar-refractivity contribution in [3.63, 3.8) is 0 Å². The van der Waals surface area contributed by atoms with E-state index < -0.39 is 5.91 Å². The van der Waals surface area contributed by atoms with E-state index >= 15 is 0 Å². The number of hydrogen-bond acceptors (Lipinski definition) is 4. The van der Waals surface area contributed by atoms with Crippen molar-refractivity contribution < 1.29 is 14.3 Å². The molecule has 0 heterocycles. The average Bonchev–Trinajstić information content (AvgIpc) is 3.22. The van der Waals surface area contributed by atoms with Gasteiger partial charge in [-0.2, -0.15) is 0 Å². The molecule has 6 nitrogen and oxygen atoms in total. The summed E-state index contributed by atoms with van der Waals surface area (Å²) in [5, 5.41) is 0. The van der Waals surface area contributed by atoms with Crippen LogP contribution in [0, 0.1) is 0 Å². The van der Waals surface area contributed by atoms with Gasteiger partial charge in [0.05, 0.1) is 11.3 Å². The highest BCUT2D eigenvalue weighted by Gasteiger charge is 2.31. The Hall–Kier alpha value is -2.24. The van der Waals surface area contributed by atoms with Gasteiger partial charge in [0.25, 0.3) is 11.8 Å². The molecule has 1 aromatic rings. The van der Waals surface area contributed by atoms with Crippen LogP contribution < -0.4 is 16.2 Å². The van der Waals surface area contributed by atoms with Gasteiger partial charge in [-0.3, -0.25) is 9.59 Å². The molecule has 0 aromatic heterocycles. The number of para-hydroxylation sites is 1. The lowest BCUT2D eigenvalue weighted by Gasteiger charge is -2.21. The molecule has 0 spiro atoms. The summed E-state index contributed by atoms with van der Waals surface area (Å²) in [4.78, 5) is 25.2. The summed E-state index contributed by atoms with van der Waals surface area (Å²) in [6, 6.07) is 5.08. The Morgan fingerprint density at radius 2 is 2.10 bits per heavy atom. The number of benzene rings is 1. The Labute approximate surface area is 117 Å². The zero-order valence-electron chi connectivity index (χ0n) is 11.5. The third-order valence-corrected chi connectivity index (χ3v) is 3.30. The number of hydrogen-bond donors (Lipinski definition) is 2. The van der Waals surface area contributed by atoms with E-state index in [-0.39, 0.29) is 23.8 Å². The van der Waals surface area contributed by atoms with Crippen LogP contribution in [0.2, 0.25) is 0 Å². The van der Waals surface area contributed by atoms with Crippen LogP contribution in [-0.4, -0.2) is 35.9 Å². The van der Waals surface area contributed by atoms with Crippen molar-refractivity contribution in [3.8, 4) is 5.75 Å². The fourth-order valence-electron chi connectivity index (χ4n) is 2.15. The van der Waals surface area contributed by atoms with Crippen molar-refractivity contribution in [2.75, 3.05) is 18.9 Å². The molecule has 0 unspecified atom stereocenters. The number of anilines is 1. The zero-order valence-corrected chi connectivity index (χ0v) is 11.5. The van der Waals surface area contributed by atoms with Gasteiger partial charge in [0.15, 0.2) is 12.4 Å². The molecule has 0 bridgehead atoms. The Kier molecular flexibility index (Phi) is 4.12. The second-order valence-electron chi connectivity index (χ2n) is 4.79. The van der Waals surface area contributed by atoms with E-state index in [1.807, 2.05) is 6.92 Å². The predicted octanol–water partition coefficient (Wildman–Crippen LogP) is 0.757. The molecule has 2 amide bonds. The van der Waals surface area contributed by atoms with Crippen molar-refractivity contribution >= 4 is 17.5 Å². The summed E-state index contributed by atoms with van der Waals surface area (Å²) < 4.78 is 5.43. The van der Waals surface area contributed by atoms with Gasteiger partial charge in [-0.05, 0) is 31.9 Å². The molecule has 0 saturated heterocycles. The largest absolute Gasteiger partial charge is 0.481 e. The molecule has 108 valence electrons. The standard InChI is InChI=1S/C14H19N3O3/c1-2-17(9-6-7-9)12(18)8-20-13-10(14(16)19)4-3-5-11(13)15/h3-5,9H,2,6-8,15H2,1H3,(H2,16,19). The zero-order chi connectivity index (χ0) is 14.7. The first-order valence-corrected chi connectivity index (χ1v) is 6.65. The SMILES string of the molecule is CCN(C(=O)COc1c(N)cccc1C(N)=O)C1CC1. The smallest absolute Gasteiger partial charge is 0.260 e. The van der Waals surface area contributed by atoms with Crippen molar-refractivity contribution in [2.45, 2.75) is 25.8 Å². The third kappa shape index (κ3) is 3.01. The maximum Gasteiger partial charge on any atom is 0.260 e. The molecule has 1 aliphatic carbocycles. The van der Waals surface area contributed by atoms with Crippen LogP contribution in [0.1, 0.15) is 30.1 Å². The molecular formula is C14H19N3O3. The lowest BCUT2D eigenvalue weighted by molar-refractivity contribution is -0.133. The Balaban J connectivity index is 2.06. The molecule has 1 aliphatic rings. The minimum atomic E-state index is -0.630. The van der Waals surface area contributed by atoms with Crippen molar-refractivity contribution in [3.05, 3.63) is 23.8 Å². The number of carbonyl (C=O) groups is 2. The van der Waals surface area contributed by atoms with Crippen LogP contribution in [-0.2, 0) is 4.79 Å². The summed E-state index contributed by atoms with van der Waals surface area (Å²) >= 11 is 0. The summed E-state index contributed by atoms with van der Waals surface area (Å²) in [5.41, 5.74) is 11.5. The maximum absolute atomic E-state index is 12.1. The van der Waals surface area contributed by atoms with Crippen molar-refractivity contribution in [1.82, 2.24) is 4.90 Å². The van der Waals surface area contributed by atoms with E-state index in [9.17, 15) is 9.59 Å². The van der Waals surface area contributed by atoms with Crippen LogP contribution in [0.15, 0.2) is 18.2 Å². The van der Waals surface area contributed by atoms with Gasteiger partial charge in [0.1, 0.15) is 0 Å². The van der Waals surface area contributed by atoms with E-state index in [0.29, 0.717) is 18.3 Å². The topological polar surface area (TPSA) is 98.7 Å². The van der Waals surface area contributed by atoms with Crippen LogP contribution in [0.5, 0.6) is 5.75 Å². The fourth-order valence-corrected chi connectivity index (χ4v) is 2.15. The number of nitrogen functional groups attached to an aromatic ring is 1. The fraction of sp³-hybridized carbons (Fsp3) is 0.429. The minimum absolute atomic E-state index is 0.103. The number of carbonyl (C=O) groups excluding carboxylic acids is 2. The van der Waals surface area contributed by atoms with E-state index in [4.69, 9.17) is 16.2 Å². The molecule has 6 heteroatoms. The summed E-state index contributed by atoms with van der Waals surface area (Å²) in [6.45, 7) is 2.45. The lowest BCUT2D eigenvalue weighted by Crippen LogP contribution is -2.36. The number of primary amides is 1. The second-order valence-corrected chi connectivity index (χ2v) is 4.79. The molecule has 0 aliphatic heterocycles. The second kappa shape index (κ2) is 5.81. The van der Waals surface area contributed by atoms with Gasteiger partial charge in [-0.25, -0.2) is 0 Å². The Morgan fingerprint density at radius 1 is 1.40 bits per heavy atom. The highest BCUT2D eigenvalue weighted by molar-refractivity contribution is 5.97. The van der Waals surface area contributed by atoms with Gasteiger partial charge < -0.3 is 21.1 Å². The van der Waals surface area contributed by atoms with Gasteiger partial charge in [-0.15, -0.1) is 0 Å². The van der Waals surface area contributed by atoms with Crippen molar-refractivity contribution in [2.24, 2.45) is 5.73 Å². The Morgan fingerprint density at radius 3 is 2.65 bits per heavy atom. The summed E-state index contributed by atoms with van der Waals surface area (Å²) in [7, 11) is 0. The highest BCUT2D eigenvalue weighted by Crippen LogP contribution is 2.28. The number of nitrogens with zero attached hydrogens (tertiary/aromatic N) is 1. The number of rotatable bonds is 6. The Bertz CT molecular complexity index is 526. The predicted molar refractivity (Wildman–Crippen MR) is 75.3 cm³/mol. The van der Waals surface area contributed by atoms with Crippen LogP contribution in [0.4, 0.5) is 5.69 Å². The first-order chi connectivity index (χ1) is 9.54. The normalized spacial score (nSPS) is 13.8. The maximum atomic E-state index is 12.1. The molecule has 4 N–H and O–H groups in total. The molecule has 1 saturated carbocycles. The molecule has 1 fully saturated rings. The highest BCUT2D eigenvalue weighted by atomic mass is 16.5.